The van der Waals surface area contributed by atoms with Crippen molar-refractivity contribution in [2.24, 2.45) is 16.3 Å². The fourth-order valence-corrected chi connectivity index (χ4v) is 4.35. The van der Waals surface area contributed by atoms with E-state index in [-0.39, 0.29) is 17.2 Å². The Balaban J connectivity index is 2.09. The van der Waals surface area contributed by atoms with E-state index in [0.717, 1.165) is 30.5 Å². The first-order valence-corrected chi connectivity index (χ1v) is 10.4. The summed E-state index contributed by atoms with van der Waals surface area (Å²) in [6, 6.07) is 7.62. The fourth-order valence-electron chi connectivity index (χ4n) is 4.35. The van der Waals surface area contributed by atoms with E-state index in [4.69, 9.17) is 14.5 Å². The molecule has 0 aromatic heterocycles. The van der Waals surface area contributed by atoms with Gasteiger partial charge in [-0.1, -0.05) is 39.3 Å². The van der Waals surface area contributed by atoms with E-state index < -0.39 is 11.8 Å². The van der Waals surface area contributed by atoms with E-state index in [0.29, 0.717) is 30.1 Å². The van der Waals surface area contributed by atoms with Gasteiger partial charge >= 0.3 is 5.97 Å². The highest BCUT2D eigenvalue weighted by atomic mass is 16.5. The molecule has 1 unspecified atom stereocenters. The normalized spacial score (nSPS) is 23.3. The smallest absolute Gasteiger partial charge is 0.315 e. The van der Waals surface area contributed by atoms with Crippen LogP contribution in [-0.2, 0) is 14.3 Å². The molecule has 1 aliphatic heterocycles. The van der Waals surface area contributed by atoms with Crippen molar-refractivity contribution in [3.8, 4) is 5.75 Å². The van der Waals surface area contributed by atoms with Crippen molar-refractivity contribution in [2.45, 2.75) is 59.3 Å². The zero-order chi connectivity index (χ0) is 21.2. The SMILES string of the molecule is CCCCOC(=O)C1C(C)=NC2=C(C(=O)CC(C)(C)C2)[C@H]1c1cccc(OC)c1. The molecule has 3 rings (SSSR count). The van der Waals surface area contributed by atoms with Gasteiger partial charge in [0.2, 0.25) is 0 Å². The number of ketones is 1. The molecule has 2 atom stereocenters. The number of hydrogen-bond acceptors (Lipinski definition) is 5. The molecule has 0 saturated heterocycles. The number of benzene rings is 1. The van der Waals surface area contributed by atoms with Crippen LogP contribution in [0.3, 0.4) is 0 Å². The van der Waals surface area contributed by atoms with Crippen LogP contribution in [0.15, 0.2) is 40.5 Å². The van der Waals surface area contributed by atoms with Crippen LogP contribution in [0.5, 0.6) is 5.75 Å². The Morgan fingerprint density at radius 2 is 2.03 bits per heavy atom. The van der Waals surface area contributed by atoms with Crippen molar-refractivity contribution in [3.63, 3.8) is 0 Å². The molecule has 1 aromatic rings. The number of methoxy groups -OCH3 is 1. The van der Waals surface area contributed by atoms with Crippen LogP contribution in [0.4, 0.5) is 0 Å². The average Bonchev–Trinajstić information content (AvgIpc) is 2.66. The van der Waals surface area contributed by atoms with Crippen molar-refractivity contribution in [1.82, 2.24) is 0 Å². The van der Waals surface area contributed by atoms with E-state index in [9.17, 15) is 9.59 Å². The van der Waals surface area contributed by atoms with Gasteiger partial charge < -0.3 is 9.47 Å². The molecular weight excluding hydrogens is 366 g/mol. The molecule has 29 heavy (non-hydrogen) atoms. The van der Waals surface area contributed by atoms with Gasteiger partial charge in [-0.25, -0.2) is 0 Å². The molecule has 0 saturated carbocycles. The Bertz CT molecular complexity index is 865. The van der Waals surface area contributed by atoms with Gasteiger partial charge in [0, 0.05) is 29.3 Å². The summed E-state index contributed by atoms with van der Waals surface area (Å²) in [4.78, 5) is 31.0. The molecule has 1 aliphatic carbocycles. The van der Waals surface area contributed by atoms with Crippen LogP contribution < -0.4 is 4.74 Å². The Hall–Kier alpha value is -2.43. The zero-order valence-electron chi connectivity index (χ0n) is 18.1. The summed E-state index contributed by atoms with van der Waals surface area (Å²) in [5, 5.41) is 0. The number of hydrogen-bond donors (Lipinski definition) is 0. The number of nitrogens with zero attached hydrogens (tertiary/aromatic N) is 1. The van der Waals surface area contributed by atoms with Gasteiger partial charge in [0.1, 0.15) is 11.7 Å². The number of carbonyl (C=O) groups is 2. The number of carbonyl (C=O) groups excluding carboxylic acids is 2. The fraction of sp³-hybridized carbons (Fsp3) is 0.542. The van der Waals surface area contributed by atoms with Crippen molar-refractivity contribution < 1.29 is 19.1 Å². The minimum atomic E-state index is -0.595. The molecule has 0 bridgehead atoms. The van der Waals surface area contributed by atoms with Crippen LogP contribution in [0.25, 0.3) is 0 Å². The monoisotopic (exact) mass is 397 g/mol. The molecule has 0 amide bonds. The lowest BCUT2D eigenvalue weighted by Gasteiger charge is -2.39. The molecular formula is C24H31NO4. The average molecular weight is 398 g/mol. The Morgan fingerprint density at radius 3 is 2.72 bits per heavy atom. The number of esters is 1. The van der Waals surface area contributed by atoms with Crippen molar-refractivity contribution in [3.05, 3.63) is 41.1 Å². The molecule has 2 aliphatic rings. The molecule has 5 nitrogen and oxygen atoms in total. The van der Waals surface area contributed by atoms with Gasteiger partial charge in [-0.15, -0.1) is 0 Å². The van der Waals surface area contributed by atoms with Gasteiger partial charge in [-0.05, 0) is 42.9 Å². The van der Waals surface area contributed by atoms with Crippen molar-refractivity contribution in [2.75, 3.05) is 13.7 Å². The third-order valence-corrected chi connectivity index (χ3v) is 5.75. The van der Waals surface area contributed by atoms with Gasteiger partial charge in [-0.3, -0.25) is 14.6 Å². The highest BCUT2D eigenvalue weighted by molar-refractivity contribution is 6.09. The van der Waals surface area contributed by atoms with Crippen molar-refractivity contribution >= 4 is 17.5 Å². The topological polar surface area (TPSA) is 65.0 Å². The summed E-state index contributed by atoms with van der Waals surface area (Å²) in [7, 11) is 1.61. The van der Waals surface area contributed by atoms with Crippen LogP contribution in [-0.4, -0.2) is 31.2 Å². The minimum absolute atomic E-state index is 0.0756. The summed E-state index contributed by atoms with van der Waals surface area (Å²) < 4.78 is 11.0. The minimum Gasteiger partial charge on any atom is -0.497 e. The van der Waals surface area contributed by atoms with Gasteiger partial charge in [0.25, 0.3) is 0 Å². The van der Waals surface area contributed by atoms with Gasteiger partial charge in [0.05, 0.1) is 13.7 Å². The van der Waals surface area contributed by atoms with E-state index in [1.807, 2.05) is 31.2 Å². The third kappa shape index (κ3) is 4.44. The second kappa shape index (κ2) is 8.52. The molecule has 156 valence electrons. The van der Waals surface area contributed by atoms with E-state index >= 15 is 0 Å². The molecule has 0 spiro atoms. The van der Waals surface area contributed by atoms with Crippen LogP contribution >= 0.6 is 0 Å². The van der Waals surface area contributed by atoms with Crippen molar-refractivity contribution in [1.29, 1.82) is 0 Å². The molecule has 0 N–H and O–H groups in total. The van der Waals surface area contributed by atoms with Gasteiger partial charge in [-0.2, -0.15) is 0 Å². The number of aliphatic imine (C=N–C) groups is 1. The molecule has 5 heteroatoms. The first-order chi connectivity index (χ1) is 13.8. The maximum Gasteiger partial charge on any atom is 0.315 e. The van der Waals surface area contributed by atoms with E-state index in [2.05, 4.69) is 20.8 Å². The molecule has 1 aromatic carbocycles. The second-order valence-corrected chi connectivity index (χ2v) is 8.81. The zero-order valence-corrected chi connectivity index (χ0v) is 18.1. The quantitative estimate of drug-likeness (QED) is 0.508. The molecule has 1 heterocycles. The number of allylic oxidation sites excluding steroid dienone is 2. The molecule has 0 fully saturated rings. The number of unbranched alkanes of at least 4 members (excludes halogenated alkanes) is 1. The van der Waals surface area contributed by atoms with Crippen LogP contribution in [0.1, 0.15) is 64.9 Å². The molecule has 0 radical (unpaired) electrons. The lowest BCUT2D eigenvalue weighted by molar-refractivity contribution is -0.146. The maximum absolute atomic E-state index is 13.2. The van der Waals surface area contributed by atoms with E-state index in [1.165, 1.54) is 0 Å². The summed E-state index contributed by atoms with van der Waals surface area (Å²) in [6.45, 7) is 8.49. The highest BCUT2D eigenvalue weighted by Gasteiger charge is 2.46. The predicted molar refractivity (Wildman–Crippen MR) is 113 cm³/mol. The second-order valence-electron chi connectivity index (χ2n) is 8.81. The van der Waals surface area contributed by atoms with Gasteiger partial charge in [0.15, 0.2) is 5.78 Å². The summed E-state index contributed by atoms with van der Waals surface area (Å²) in [6.07, 6.45) is 2.95. The Labute approximate surface area is 173 Å². The Kier molecular flexibility index (Phi) is 6.25. The summed E-state index contributed by atoms with van der Waals surface area (Å²) in [5.74, 6) is -0.520. The number of Topliss-reactive ketones (excluding diaryl/α,β-unsaturated/α-hetero) is 1. The predicted octanol–water partition coefficient (Wildman–Crippen LogP) is 4.86. The lowest BCUT2D eigenvalue weighted by Crippen LogP contribution is -2.39. The lowest BCUT2D eigenvalue weighted by atomic mass is 9.67. The Morgan fingerprint density at radius 1 is 1.28 bits per heavy atom. The standard InChI is InChI=1S/C24H31NO4/c1-6-7-11-29-23(27)20-15(2)25-18-13-24(3,4)14-19(26)22(18)21(20)16-9-8-10-17(12-16)28-5/h8-10,12,20-21H,6-7,11,13-14H2,1-5H3/t20?,21-/m0/s1. The first kappa shape index (κ1) is 21.3. The highest BCUT2D eigenvalue weighted by Crippen LogP contribution is 2.48. The number of ether oxygens (including phenoxy) is 2. The third-order valence-electron chi connectivity index (χ3n) is 5.75. The number of rotatable bonds is 6. The van der Waals surface area contributed by atoms with E-state index in [1.54, 1.807) is 7.11 Å². The van der Waals surface area contributed by atoms with Crippen LogP contribution in [0, 0.1) is 11.3 Å². The first-order valence-electron chi connectivity index (χ1n) is 10.4. The summed E-state index contributed by atoms with van der Waals surface area (Å²) in [5.41, 5.74) is 2.95. The largest absolute Gasteiger partial charge is 0.497 e. The summed E-state index contributed by atoms with van der Waals surface area (Å²) >= 11 is 0. The van der Waals surface area contributed by atoms with Crippen LogP contribution in [0.2, 0.25) is 0 Å². The maximum atomic E-state index is 13.2.